The zero-order chi connectivity index (χ0) is 24.5. The molecule has 33 heavy (non-hydrogen) atoms. The van der Waals surface area contributed by atoms with E-state index in [1.54, 1.807) is 31.4 Å². The highest BCUT2D eigenvalue weighted by Gasteiger charge is 2.18. The predicted molar refractivity (Wildman–Crippen MR) is 137 cm³/mol. The van der Waals surface area contributed by atoms with Crippen molar-refractivity contribution in [1.82, 2.24) is 5.32 Å². The second-order valence-corrected chi connectivity index (χ2v) is 8.33. The number of allylic oxidation sites excluding steroid dienone is 9. The standard InChI is InChI=1S/C28H41NO4/c1-5-6-7-8-15-24-16-11-9-13-22(2)18-19-25(33-4)21-27(31)26(30)20-23(3)14-10-12-17-28(32)29-24/h7-14,17-20,24-27,30-31H,5-6,15-16,21H2,1-4H3,(H,29,32)/b8-7+,11-9+,14-10+,17-12+,19-18+,22-13+,23-20-. The van der Waals surface area contributed by atoms with Gasteiger partial charge in [0.15, 0.2) is 0 Å². The summed E-state index contributed by atoms with van der Waals surface area (Å²) in [5, 5.41) is 23.7. The maximum Gasteiger partial charge on any atom is 0.244 e. The Kier molecular flexibility index (Phi) is 14.8. The maximum absolute atomic E-state index is 12.3. The van der Waals surface area contributed by atoms with Crippen molar-refractivity contribution < 1.29 is 19.7 Å². The van der Waals surface area contributed by atoms with Crippen molar-refractivity contribution >= 4 is 5.91 Å². The van der Waals surface area contributed by atoms with Gasteiger partial charge in [0.1, 0.15) is 0 Å². The van der Waals surface area contributed by atoms with Crippen molar-refractivity contribution in [3.63, 3.8) is 0 Å². The number of aliphatic hydroxyl groups excluding tert-OH is 2. The van der Waals surface area contributed by atoms with Gasteiger partial charge in [-0.05, 0) is 33.1 Å². The zero-order valence-corrected chi connectivity index (χ0v) is 20.5. The molecule has 0 aliphatic carbocycles. The van der Waals surface area contributed by atoms with Gasteiger partial charge in [-0.1, -0.05) is 91.3 Å². The first-order valence-electron chi connectivity index (χ1n) is 11.7. The fraction of sp³-hybridized carbons (Fsp3) is 0.464. The van der Waals surface area contributed by atoms with Crippen LogP contribution in [0.1, 0.15) is 52.9 Å². The summed E-state index contributed by atoms with van der Waals surface area (Å²) in [6, 6.07) is 0.0152. The van der Waals surface area contributed by atoms with Gasteiger partial charge < -0.3 is 20.3 Å². The van der Waals surface area contributed by atoms with E-state index in [1.807, 2.05) is 38.2 Å². The lowest BCUT2D eigenvalue weighted by Crippen LogP contribution is -2.32. The molecule has 0 fully saturated rings. The van der Waals surface area contributed by atoms with Crippen LogP contribution in [0.25, 0.3) is 0 Å². The number of hydrogen-bond acceptors (Lipinski definition) is 4. The number of rotatable bonds is 5. The first-order chi connectivity index (χ1) is 15.8. The Morgan fingerprint density at radius 2 is 1.85 bits per heavy atom. The van der Waals surface area contributed by atoms with Gasteiger partial charge in [-0.2, -0.15) is 0 Å². The summed E-state index contributed by atoms with van der Waals surface area (Å²) in [7, 11) is 1.59. The fourth-order valence-corrected chi connectivity index (χ4v) is 3.20. The minimum Gasteiger partial charge on any atom is -0.390 e. The Bertz CT molecular complexity index is 786. The molecule has 5 heteroatoms. The first kappa shape index (κ1) is 28.6. The van der Waals surface area contributed by atoms with Gasteiger partial charge in [0.2, 0.25) is 5.91 Å². The number of hydrogen-bond donors (Lipinski definition) is 3. The molecular formula is C28H41NO4. The fourth-order valence-electron chi connectivity index (χ4n) is 3.20. The molecule has 0 spiro atoms. The molecule has 0 aromatic heterocycles. The molecule has 0 aromatic rings. The van der Waals surface area contributed by atoms with Crippen LogP contribution in [0.3, 0.4) is 0 Å². The highest BCUT2D eigenvalue weighted by molar-refractivity contribution is 5.88. The molecule has 1 aliphatic heterocycles. The van der Waals surface area contributed by atoms with Crippen LogP contribution < -0.4 is 5.32 Å². The lowest BCUT2D eigenvalue weighted by molar-refractivity contribution is -0.117. The highest BCUT2D eigenvalue weighted by Crippen LogP contribution is 2.12. The zero-order valence-electron chi connectivity index (χ0n) is 20.5. The van der Waals surface area contributed by atoms with E-state index >= 15 is 0 Å². The number of aliphatic hydroxyl groups is 2. The van der Waals surface area contributed by atoms with Crippen molar-refractivity contribution in [2.75, 3.05) is 7.11 Å². The van der Waals surface area contributed by atoms with Crippen molar-refractivity contribution in [3.05, 3.63) is 84.1 Å². The van der Waals surface area contributed by atoms with E-state index in [9.17, 15) is 15.0 Å². The predicted octanol–water partition coefficient (Wildman–Crippen LogP) is 4.87. The van der Waals surface area contributed by atoms with Gasteiger partial charge in [-0.3, -0.25) is 4.79 Å². The Labute approximate surface area is 199 Å². The molecule has 4 atom stereocenters. The summed E-state index contributed by atoms with van der Waals surface area (Å²) in [6.45, 7) is 5.96. The maximum atomic E-state index is 12.3. The van der Waals surface area contributed by atoms with Gasteiger partial charge >= 0.3 is 0 Å². The van der Waals surface area contributed by atoms with Crippen molar-refractivity contribution in [1.29, 1.82) is 0 Å². The number of amides is 1. The third kappa shape index (κ3) is 13.6. The molecule has 4 unspecified atom stereocenters. The van der Waals surface area contributed by atoms with E-state index in [1.165, 1.54) is 6.08 Å². The lowest BCUT2D eigenvalue weighted by atomic mass is 10.0. The molecule has 182 valence electrons. The number of methoxy groups -OCH3 is 1. The monoisotopic (exact) mass is 455 g/mol. The van der Waals surface area contributed by atoms with Crippen molar-refractivity contribution in [2.24, 2.45) is 0 Å². The number of carbonyl (C=O) groups is 1. The average molecular weight is 456 g/mol. The quantitative estimate of drug-likeness (QED) is 0.517. The van der Waals surface area contributed by atoms with Crippen LogP contribution in [0.15, 0.2) is 84.1 Å². The SMILES string of the molecule is CCC/C=C/CC1C/C=C/C=C(C)/C=C/C(OC)CC(O)C(O)\C=C(C)/C=C/C=C/C(=O)N1. The third-order valence-corrected chi connectivity index (χ3v) is 5.20. The summed E-state index contributed by atoms with van der Waals surface area (Å²) >= 11 is 0. The molecule has 0 aromatic carbocycles. The van der Waals surface area contributed by atoms with Gasteiger partial charge in [0.05, 0.1) is 18.3 Å². The van der Waals surface area contributed by atoms with Crippen LogP contribution in [0.2, 0.25) is 0 Å². The number of carbonyl (C=O) groups excluding carboxylic acids is 1. The normalized spacial score (nSPS) is 33.2. The molecule has 0 saturated heterocycles. The van der Waals surface area contributed by atoms with E-state index < -0.39 is 12.2 Å². The molecular weight excluding hydrogens is 414 g/mol. The van der Waals surface area contributed by atoms with Crippen molar-refractivity contribution in [2.45, 2.75) is 77.2 Å². The van der Waals surface area contributed by atoms with E-state index in [-0.39, 0.29) is 24.5 Å². The average Bonchev–Trinajstić information content (AvgIpc) is 2.78. The van der Waals surface area contributed by atoms with Crippen LogP contribution in [-0.4, -0.2) is 47.6 Å². The minimum atomic E-state index is -1.01. The van der Waals surface area contributed by atoms with Gasteiger partial charge in [-0.25, -0.2) is 0 Å². The molecule has 1 aliphatic rings. The van der Waals surface area contributed by atoms with Crippen LogP contribution in [-0.2, 0) is 9.53 Å². The third-order valence-electron chi connectivity index (χ3n) is 5.20. The van der Waals surface area contributed by atoms with E-state index in [2.05, 4.69) is 30.5 Å². The molecule has 3 N–H and O–H groups in total. The van der Waals surface area contributed by atoms with Gasteiger partial charge in [-0.15, -0.1) is 0 Å². The molecule has 1 amide bonds. The summed E-state index contributed by atoms with van der Waals surface area (Å²) < 4.78 is 5.44. The summed E-state index contributed by atoms with van der Waals surface area (Å²) in [5.41, 5.74) is 1.82. The second-order valence-electron chi connectivity index (χ2n) is 8.33. The topological polar surface area (TPSA) is 78.8 Å². The Morgan fingerprint density at radius 1 is 1.09 bits per heavy atom. The molecule has 1 heterocycles. The largest absolute Gasteiger partial charge is 0.390 e. The molecule has 5 nitrogen and oxygen atoms in total. The first-order valence-corrected chi connectivity index (χ1v) is 11.7. The second kappa shape index (κ2) is 17.1. The molecule has 0 radical (unpaired) electrons. The van der Waals surface area contributed by atoms with Crippen LogP contribution in [0.4, 0.5) is 0 Å². The Hall–Kier alpha value is -2.47. The molecule has 1 rings (SSSR count). The summed E-state index contributed by atoms with van der Waals surface area (Å²) in [5.74, 6) is -0.145. The van der Waals surface area contributed by atoms with Gasteiger partial charge in [0, 0.05) is 25.6 Å². The van der Waals surface area contributed by atoms with E-state index in [0.29, 0.717) is 0 Å². The lowest BCUT2D eigenvalue weighted by Gasteiger charge is -2.19. The number of nitrogens with one attached hydrogen (secondary N) is 1. The summed E-state index contributed by atoms with van der Waals surface area (Å²) in [6.07, 6.45) is 24.1. The van der Waals surface area contributed by atoms with Crippen LogP contribution in [0.5, 0.6) is 0 Å². The Morgan fingerprint density at radius 3 is 2.58 bits per heavy atom. The van der Waals surface area contributed by atoms with E-state index in [0.717, 1.165) is 36.8 Å². The molecule has 0 bridgehead atoms. The minimum absolute atomic E-state index is 0.0152. The van der Waals surface area contributed by atoms with E-state index in [4.69, 9.17) is 4.74 Å². The van der Waals surface area contributed by atoms with Crippen LogP contribution >= 0.6 is 0 Å². The smallest absolute Gasteiger partial charge is 0.244 e. The summed E-state index contributed by atoms with van der Waals surface area (Å²) in [4.78, 5) is 12.3. The van der Waals surface area contributed by atoms with Crippen LogP contribution in [0, 0.1) is 0 Å². The van der Waals surface area contributed by atoms with Crippen molar-refractivity contribution in [3.8, 4) is 0 Å². The highest BCUT2D eigenvalue weighted by atomic mass is 16.5. The Balaban J connectivity index is 3.07. The van der Waals surface area contributed by atoms with Gasteiger partial charge in [0.25, 0.3) is 0 Å². The number of unbranched alkanes of at least 4 members (excludes halogenated alkanes) is 1. The molecule has 0 saturated carbocycles. The number of ether oxygens (including phenoxy) is 1.